The molecule has 4 nitrogen and oxygen atoms in total. The van der Waals surface area contributed by atoms with Crippen LogP contribution in [-0.2, 0) is 0 Å². The number of hydrogen-bond donors (Lipinski definition) is 3. The van der Waals surface area contributed by atoms with Gasteiger partial charge in [-0.3, -0.25) is 0 Å². The van der Waals surface area contributed by atoms with Crippen LogP contribution in [0.15, 0.2) is 34.8 Å². The van der Waals surface area contributed by atoms with Crippen LogP contribution in [0.25, 0.3) is 0 Å². The molecule has 2 aromatic rings. The molecule has 0 saturated heterocycles. The number of aryl methyl sites for hydroxylation is 1. The van der Waals surface area contributed by atoms with Crippen molar-refractivity contribution in [1.29, 1.82) is 0 Å². The first-order valence-corrected chi connectivity index (χ1v) is 6.06. The Morgan fingerprint density at radius 1 is 1.28 bits per heavy atom. The van der Waals surface area contributed by atoms with E-state index in [0.29, 0.717) is 21.8 Å². The number of hydrogen-bond acceptors (Lipinski definition) is 4. The molecule has 4 N–H and O–H groups in total. The van der Waals surface area contributed by atoms with Gasteiger partial charge in [-0.2, -0.15) is 0 Å². The molecular formula is C12H12BrFN4. The summed E-state index contributed by atoms with van der Waals surface area (Å²) in [5.74, 6) is 6.09. The van der Waals surface area contributed by atoms with Gasteiger partial charge in [-0.15, -0.1) is 0 Å². The maximum Gasteiger partial charge on any atom is 0.142 e. The minimum atomic E-state index is -0.323. The molecule has 2 rings (SSSR count). The highest BCUT2D eigenvalue weighted by molar-refractivity contribution is 9.10. The van der Waals surface area contributed by atoms with Gasteiger partial charge in [0.1, 0.15) is 17.5 Å². The molecule has 94 valence electrons. The second-order valence-corrected chi connectivity index (χ2v) is 4.61. The average molecular weight is 311 g/mol. The summed E-state index contributed by atoms with van der Waals surface area (Å²) in [5.41, 5.74) is 4.03. The van der Waals surface area contributed by atoms with Crippen LogP contribution < -0.4 is 16.6 Å². The number of nitrogens with one attached hydrogen (secondary N) is 2. The number of benzene rings is 1. The monoisotopic (exact) mass is 310 g/mol. The highest BCUT2D eigenvalue weighted by Gasteiger charge is 2.06. The molecule has 0 fully saturated rings. The lowest BCUT2D eigenvalue weighted by molar-refractivity contribution is 0.621. The van der Waals surface area contributed by atoms with Gasteiger partial charge >= 0.3 is 0 Å². The quantitative estimate of drug-likeness (QED) is 0.601. The molecule has 1 aromatic heterocycles. The Kier molecular flexibility index (Phi) is 3.78. The summed E-state index contributed by atoms with van der Waals surface area (Å²) in [7, 11) is 0. The first kappa shape index (κ1) is 12.8. The normalized spacial score (nSPS) is 10.2. The first-order chi connectivity index (χ1) is 8.60. The number of nitrogens with zero attached hydrogens (tertiary/aromatic N) is 1. The molecule has 1 aromatic carbocycles. The molecule has 1 heterocycles. The fourth-order valence-corrected chi connectivity index (χ4v) is 1.96. The average Bonchev–Trinajstić information content (AvgIpc) is 2.36. The Bertz CT molecular complexity index is 574. The summed E-state index contributed by atoms with van der Waals surface area (Å²) in [6.45, 7) is 1.89. The lowest BCUT2D eigenvalue weighted by Gasteiger charge is -2.10. The smallest absolute Gasteiger partial charge is 0.142 e. The number of anilines is 3. The number of nitrogen functional groups attached to an aromatic ring is 1. The van der Waals surface area contributed by atoms with Gasteiger partial charge in [0.05, 0.1) is 4.47 Å². The molecule has 0 aliphatic rings. The van der Waals surface area contributed by atoms with Gasteiger partial charge in [-0.25, -0.2) is 15.2 Å². The maximum atomic E-state index is 13.5. The number of halogens is 2. The zero-order valence-electron chi connectivity index (χ0n) is 9.67. The molecule has 0 atom stereocenters. The Morgan fingerprint density at radius 3 is 2.72 bits per heavy atom. The number of nitrogens with two attached hydrogens (primary N) is 1. The van der Waals surface area contributed by atoms with Crippen LogP contribution in [0, 0.1) is 12.7 Å². The SMILES string of the molecule is Cc1cc(Br)c(F)cc1Nc1cccc(NN)n1. The van der Waals surface area contributed by atoms with Crippen molar-refractivity contribution >= 4 is 33.3 Å². The van der Waals surface area contributed by atoms with E-state index in [4.69, 9.17) is 5.84 Å². The molecule has 0 aliphatic heterocycles. The van der Waals surface area contributed by atoms with Crippen LogP contribution in [0.2, 0.25) is 0 Å². The van der Waals surface area contributed by atoms with Gasteiger partial charge in [-0.05, 0) is 52.7 Å². The summed E-state index contributed by atoms with van der Waals surface area (Å²) in [6.07, 6.45) is 0. The number of rotatable bonds is 3. The molecule has 0 radical (unpaired) electrons. The molecule has 0 spiro atoms. The Labute approximate surface area is 113 Å². The van der Waals surface area contributed by atoms with Crippen molar-refractivity contribution in [2.45, 2.75) is 6.92 Å². The zero-order valence-corrected chi connectivity index (χ0v) is 11.3. The minimum Gasteiger partial charge on any atom is -0.340 e. The lowest BCUT2D eigenvalue weighted by Crippen LogP contribution is -2.09. The fourth-order valence-electron chi connectivity index (χ4n) is 1.50. The van der Waals surface area contributed by atoms with E-state index in [9.17, 15) is 4.39 Å². The third-order valence-electron chi connectivity index (χ3n) is 2.43. The third kappa shape index (κ3) is 2.77. The van der Waals surface area contributed by atoms with Crippen molar-refractivity contribution in [2.75, 3.05) is 10.7 Å². The number of aromatic nitrogens is 1. The van der Waals surface area contributed by atoms with Gasteiger partial charge < -0.3 is 10.7 Å². The third-order valence-corrected chi connectivity index (χ3v) is 3.03. The highest BCUT2D eigenvalue weighted by Crippen LogP contribution is 2.26. The Morgan fingerprint density at radius 2 is 2.00 bits per heavy atom. The van der Waals surface area contributed by atoms with Gasteiger partial charge in [0.25, 0.3) is 0 Å². The second-order valence-electron chi connectivity index (χ2n) is 3.76. The van der Waals surface area contributed by atoms with Crippen molar-refractivity contribution in [3.8, 4) is 0 Å². The van der Waals surface area contributed by atoms with E-state index in [2.05, 4.69) is 31.7 Å². The van der Waals surface area contributed by atoms with Crippen LogP contribution in [-0.4, -0.2) is 4.98 Å². The van der Waals surface area contributed by atoms with E-state index in [1.165, 1.54) is 6.07 Å². The van der Waals surface area contributed by atoms with Crippen molar-refractivity contribution in [3.63, 3.8) is 0 Å². The molecule has 0 bridgehead atoms. The molecule has 0 amide bonds. The van der Waals surface area contributed by atoms with Crippen LogP contribution in [0.3, 0.4) is 0 Å². The first-order valence-electron chi connectivity index (χ1n) is 5.26. The number of pyridine rings is 1. The van der Waals surface area contributed by atoms with Crippen LogP contribution in [0.1, 0.15) is 5.56 Å². The van der Waals surface area contributed by atoms with Crippen LogP contribution in [0.5, 0.6) is 0 Å². The Balaban J connectivity index is 2.30. The van der Waals surface area contributed by atoms with E-state index < -0.39 is 0 Å². The Hall–Kier alpha value is -1.66. The van der Waals surface area contributed by atoms with Gasteiger partial charge in [0.15, 0.2) is 0 Å². The fraction of sp³-hybridized carbons (Fsp3) is 0.0833. The lowest BCUT2D eigenvalue weighted by atomic mass is 10.2. The predicted octanol–water partition coefficient (Wildman–Crippen LogP) is 3.32. The summed E-state index contributed by atoms with van der Waals surface area (Å²) in [4.78, 5) is 4.20. The second kappa shape index (κ2) is 5.32. The van der Waals surface area contributed by atoms with E-state index in [-0.39, 0.29) is 5.82 Å². The molecule has 18 heavy (non-hydrogen) atoms. The van der Waals surface area contributed by atoms with Crippen molar-refractivity contribution in [1.82, 2.24) is 4.98 Å². The zero-order chi connectivity index (χ0) is 13.1. The summed E-state index contributed by atoms with van der Waals surface area (Å²) in [6, 6.07) is 8.45. The standard InChI is InChI=1S/C12H12BrFN4/c1-7-5-8(13)9(14)6-10(7)16-11-3-2-4-12(17-11)18-15/h2-6H,15H2,1H3,(H2,16,17,18). The van der Waals surface area contributed by atoms with E-state index >= 15 is 0 Å². The van der Waals surface area contributed by atoms with Crippen molar-refractivity contribution in [3.05, 3.63) is 46.2 Å². The molecule has 0 unspecified atom stereocenters. The summed E-state index contributed by atoms with van der Waals surface area (Å²) >= 11 is 3.14. The molecular weight excluding hydrogens is 299 g/mol. The maximum absolute atomic E-state index is 13.5. The largest absolute Gasteiger partial charge is 0.340 e. The van der Waals surface area contributed by atoms with Crippen molar-refractivity contribution < 1.29 is 4.39 Å². The molecule has 0 aliphatic carbocycles. The van der Waals surface area contributed by atoms with Crippen molar-refractivity contribution in [2.24, 2.45) is 5.84 Å². The number of hydrazine groups is 1. The molecule has 0 saturated carbocycles. The van der Waals surface area contributed by atoms with Gasteiger partial charge in [0.2, 0.25) is 0 Å². The van der Waals surface area contributed by atoms with Crippen LogP contribution >= 0.6 is 15.9 Å². The highest BCUT2D eigenvalue weighted by atomic mass is 79.9. The van der Waals surface area contributed by atoms with Crippen LogP contribution in [0.4, 0.5) is 21.7 Å². The molecule has 6 heteroatoms. The summed E-state index contributed by atoms with van der Waals surface area (Å²) < 4.78 is 13.9. The van der Waals surface area contributed by atoms with E-state index in [0.717, 1.165) is 5.56 Å². The summed E-state index contributed by atoms with van der Waals surface area (Å²) in [5, 5.41) is 3.05. The van der Waals surface area contributed by atoms with E-state index in [1.807, 2.05) is 6.92 Å². The van der Waals surface area contributed by atoms with Gasteiger partial charge in [0, 0.05) is 5.69 Å². The predicted molar refractivity (Wildman–Crippen MR) is 74.2 cm³/mol. The van der Waals surface area contributed by atoms with E-state index in [1.54, 1.807) is 24.3 Å². The van der Waals surface area contributed by atoms with Gasteiger partial charge in [-0.1, -0.05) is 6.07 Å². The topological polar surface area (TPSA) is 63.0 Å². The minimum absolute atomic E-state index is 0.323.